The summed E-state index contributed by atoms with van der Waals surface area (Å²) in [5, 5.41) is 4.02. The van der Waals surface area contributed by atoms with Crippen LogP contribution in [0, 0.1) is 0 Å². The number of hydrogen-bond acceptors (Lipinski definition) is 5. The van der Waals surface area contributed by atoms with Crippen LogP contribution < -0.4 is 0 Å². The molecule has 0 amide bonds. The van der Waals surface area contributed by atoms with Gasteiger partial charge in [0.1, 0.15) is 11.2 Å². The van der Waals surface area contributed by atoms with Crippen molar-refractivity contribution >= 4 is 43.9 Å². The molecule has 38 heavy (non-hydrogen) atoms. The molecule has 0 atom stereocenters. The summed E-state index contributed by atoms with van der Waals surface area (Å²) in [6, 6.07) is 38.2. The number of furan rings is 2. The van der Waals surface area contributed by atoms with E-state index in [-0.39, 0.29) is 0 Å². The van der Waals surface area contributed by atoms with E-state index in [1.54, 1.807) is 0 Å². The summed E-state index contributed by atoms with van der Waals surface area (Å²) in [5.41, 5.74) is 5.82. The summed E-state index contributed by atoms with van der Waals surface area (Å²) in [4.78, 5) is 14.7. The predicted octanol–water partition coefficient (Wildman–Crippen LogP) is 8.67. The van der Waals surface area contributed by atoms with E-state index in [4.69, 9.17) is 23.8 Å². The molecule has 5 nitrogen and oxygen atoms in total. The highest BCUT2D eigenvalue weighted by molar-refractivity contribution is 6.21. The lowest BCUT2D eigenvalue weighted by Crippen LogP contribution is -2.00. The first kappa shape index (κ1) is 20.9. The molecule has 0 radical (unpaired) electrons. The van der Waals surface area contributed by atoms with E-state index in [2.05, 4.69) is 18.2 Å². The monoisotopic (exact) mass is 489 g/mol. The van der Waals surface area contributed by atoms with Gasteiger partial charge in [0.25, 0.3) is 0 Å². The van der Waals surface area contributed by atoms with Gasteiger partial charge in [-0.05, 0) is 24.3 Å². The van der Waals surface area contributed by atoms with Crippen molar-refractivity contribution < 1.29 is 8.83 Å². The summed E-state index contributed by atoms with van der Waals surface area (Å²) in [5.74, 6) is 1.84. The highest BCUT2D eigenvalue weighted by Crippen LogP contribution is 2.41. The number of rotatable bonds is 3. The molecule has 8 rings (SSSR count). The van der Waals surface area contributed by atoms with Crippen LogP contribution in [0.25, 0.3) is 78.0 Å². The third-order valence-electron chi connectivity index (χ3n) is 6.95. The predicted molar refractivity (Wildman–Crippen MR) is 151 cm³/mol. The first-order valence-electron chi connectivity index (χ1n) is 12.5. The molecule has 0 aliphatic carbocycles. The lowest BCUT2D eigenvalue weighted by molar-refractivity contribution is 0.633. The molecular formula is C33H19N3O2. The number of benzene rings is 5. The van der Waals surface area contributed by atoms with Crippen molar-refractivity contribution in [3.8, 4) is 34.2 Å². The van der Waals surface area contributed by atoms with Crippen molar-refractivity contribution in [2.75, 3.05) is 0 Å². The number of nitrogens with zero attached hydrogens (tertiary/aromatic N) is 3. The highest BCUT2D eigenvalue weighted by Gasteiger charge is 2.20. The maximum atomic E-state index is 6.42. The minimum atomic E-state index is 0.593. The fourth-order valence-electron chi connectivity index (χ4n) is 5.18. The molecule has 0 N–H and O–H groups in total. The molecule has 3 aromatic heterocycles. The average Bonchev–Trinajstić information content (AvgIpc) is 3.56. The molecule has 0 fully saturated rings. The normalized spacial score (nSPS) is 11.7. The second-order valence-electron chi connectivity index (χ2n) is 9.24. The Morgan fingerprint density at radius 3 is 1.68 bits per heavy atom. The summed E-state index contributed by atoms with van der Waals surface area (Å²) >= 11 is 0. The van der Waals surface area contributed by atoms with Gasteiger partial charge in [0.2, 0.25) is 0 Å². The largest absolute Gasteiger partial charge is 0.452 e. The van der Waals surface area contributed by atoms with Crippen LogP contribution in [0.15, 0.2) is 124 Å². The van der Waals surface area contributed by atoms with Crippen LogP contribution in [0.5, 0.6) is 0 Å². The van der Waals surface area contributed by atoms with Crippen molar-refractivity contribution in [3.05, 3.63) is 115 Å². The molecule has 0 spiro atoms. The molecule has 5 aromatic carbocycles. The van der Waals surface area contributed by atoms with Gasteiger partial charge >= 0.3 is 0 Å². The molecular weight excluding hydrogens is 470 g/mol. The maximum absolute atomic E-state index is 6.42. The molecule has 3 heterocycles. The van der Waals surface area contributed by atoms with E-state index in [9.17, 15) is 0 Å². The van der Waals surface area contributed by atoms with E-state index < -0.39 is 0 Å². The molecule has 0 bridgehead atoms. The fourth-order valence-corrected chi connectivity index (χ4v) is 5.18. The van der Waals surface area contributed by atoms with Crippen LogP contribution in [0.1, 0.15) is 0 Å². The second kappa shape index (κ2) is 8.11. The molecule has 0 saturated carbocycles. The number of hydrogen-bond donors (Lipinski definition) is 0. The maximum Gasteiger partial charge on any atom is 0.178 e. The minimum Gasteiger partial charge on any atom is -0.452 e. The third-order valence-corrected chi connectivity index (χ3v) is 6.95. The van der Waals surface area contributed by atoms with E-state index in [0.29, 0.717) is 17.5 Å². The molecule has 178 valence electrons. The van der Waals surface area contributed by atoms with Gasteiger partial charge in [-0.15, -0.1) is 0 Å². The number of aromatic nitrogens is 3. The lowest BCUT2D eigenvalue weighted by Gasteiger charge is -2.09. The number of fused-ring (bicyclic) bond motifs is 7. The first-order valence-corrected chi connectivity index (χ1v) is 12.5. The van der Waals surface area contributed by atoms with Crippen LogP contribution in [0.3, 0.4) is 0 Å². The zero-order chi connectivity index (χ0) is 25.1. The van der Waals surface area contributed by atoms with E-state index in [0.717, 1.165) is 60.6 Å². The fraction of sp³-hybridized carbons (Fsp3) is 0. The molecule has 5 heteroatoms. The summed E-state index contributed by atoms with van der Waals surface area (Å²) in [6.45, 7) is 0. The van der Waals surface area contributed by atoms with Crippen molar-refractivity contribution in [1.29, 1.82) is 0 Å². The Morgan fingerprint density at radius 1 is 0.395 bits per heavy atom. The van der Waals surface area contributed by atoms with Crippen LogP contribution in [-0.4, -0.2) is 15.0 Å². The Labute approximate surface area is 217 Å². The molecule has 0 aliphatic heterocycles. The van der Waals surface area contributed by atoms with Gasteiger partial charge in [0, 0.05) is 38.2 Å². The van der Waals surface area contributed by atoms with Crippen LogP contribution in [-0.2, 0) is 0 Å². The number of para-hydroxylation sites is 1. The zero-order valence-corrected chi connectivity index (χ0v) is 20.1. The first-order chi connectivity index (χ1) is 18.8. The van der Waals surface area contributed by atoms with Gasteiger partial charge in [-0.3, -0.25) is 0 Å². The van der Waals surface area contributed by atoms with E-state index in [1.807, 2.05) is 97.1 Å². The summed E-state index contributed by atoms with van der Waals surface area (Å²) in [6.07, 6.45) is 0. The topological polar surface area (TPSA) is 65.0 Å². The van der Waals surface area contributed by atoms with Crippen LogP contribution >= 0.6 is 0 Å². The molecule has 0 aliphatic rings. The van der Waals surface area contributed by atoms with Gasteiger partial charge in [0.15, 0.2) is 28.6 Å². The van der Waals surface area contributed by atoms with E-state index >= 15 is 0 Å². The third kappa shape index (κ3) is 3.15. The average molecular weight is 490 g/mol. The molecule has 0 saturated heterocycles. The smallest absolute Gasteiger partial charge is 0.178 e. The van der Waals surface area contributed by atoms with Gasteiger partial charge < -0.3 is 8.83 Å². The Balaban J connectivity index is 1.42. The van der Waals surface area contributed by atoms with Crippen molar-refractivity contribution in [3.63, 3.8) is 0 Å². The zero-order valence-electron chi connectivity index (χ0n) is 20.1. The summed E-state index contributed by atoms with van der Waals surface area (Å²) < 4.78 is 12.7. The Bertz CT molecular complexity index is 2070. The summed E-state index contributed by atoms with van der Waals surface area (Å²) in [7, 11) is 0. The lowest BCUT2D eigenvalue weighted by atomic mass is 10.0. The Hall–Kier alpha value is -5.29. The van der Waals surface area contributed by atoms with Gasteiger partial charge in [0.05, 0.1) is 0 Å². The van der Waals surface area contributed by atoms with Crippen LogP contribution in [0.4, 0.5) is 0 Å². The second-order valence-corrected chi connectivity index (χ2v) is 9.24. The van der Waals surface area contributed by atoms with Crippen molar-refractivity contribution in [2.45, 2.75) is 0 Å². The Morgan fingerprint density at radius 2 is 0.947 bits per heavy atom. The molecule has 8 aromatic rings. The van der Waals surface area contributed by atoms with Gasteiger partial charge in [-0.25, -0.2) is 15.0 Å². The minimum absolute atomic E-state index is 0.593. The highest BCUT2D eigenvalue weighted by atomic mass is 16.4. The standard InChI is InChI=1S/C33H19N3O2/c1-3-10-20(11-4-1)31-34-32(21-12-5-2-6-13-21)36-33(35-31)25-15-9-17-27-28(25)24-19-18-23-22-14-7-8-16-26(22)37-29(23)30(24)38-27/h1-19H. The van der Waals surface area contributed by atoms with Crippen LogP contribution in [0.2, 0.25) is 0 Å². The quantitative estimate of drug-likeness (QED) is 0.248. The molecule has 0 unspecified atom stereocenters. The Kier molecular flexibility index (Phi) is 4.45. The van der Waals surface area contributed by atoms with E-state index in [1.165, 1.54) is 0 Å². The van der Waals surface area contributed by atoms with Gasteiger partial charge in [-0.2, -0.15) is 0 Å². The van der Waals surface area contributed by atoms with Crippen molar-refractivity contribution in [2.24, 2.45) is 0 Å². The van der Waals surface area contributed by atoms with Crippen molar-refractivity contribution in [1.82, 2.24) is 15.0 Å². The van der Waals surface area contributed by atoms with Gasteiger partial charge in [-0.1, -0.05) is 91.0 Å². The SMILES string of the molecule is c1ccc(-c2nc(-c3ccccc3)nc(-c3cccc4oc5c(ccc6c7ccccc7oc65)c34)n2)cc1.